The fourth-order valence-corrected chi connectivity index (χ4v) is 3.45. The Morgan fingerprint density at radius 1 is 0.833 bits per heavy atom. The SMILES string of the molecule is CC.CC.c1ccc(C2CC3CCCCC32)cc1. The first-order chi connectivity index (χ1) is 8.95. The third kappa shape index (κ3) is 3.37. The van der Waals surface area contributed by atoms with Crippen LogP contribution < -0.4 is 0 Å². The smallest absolute Gasteiger partial charge is 0.0128 e. The fraction of sp³-hybridized carbons (Fsp3) is 0.667. The molecule has 0 bridgehead atoms. The van der Waals surface area contributed by atoms with Crippen molar-refractivity contribution in [3.8, 4) is 0 Å². The van der Waals surface area contributed by atoms with Gasteiger partial charge in [-0.1, -0.05) is 77.3 Å². The van der Waals surface area contributed by atoms with Gasteiger partial charge in [0.2, 0.25) is 0 Å². The summed E-state index contributed by atoms with van der Waals surface area (Å²) in [5.74, 6) is 3.02. The van der Waals surface area contributed by atoms with Crippen LogP contribution in [-0.2, 0) is 0 Å². The molecule has 0 amide bonds. The Kier molecular flexibility index (Phi) is 7.08. The lowest BCUT2D eigenvalue weighted by Gasteiger charge is -2.48. The van der Waals surface area contributed by atoms with Gasteiger partial charge in [0.15, 0.2) is 0 Å². The summed E-state index contributed by atoms with van der Waals surface area (Å²) in [6, 6.07) is 11.1. The lowest BCUT2D eigenvalue weighted by molar-refractivity contribution is 0.0797. The molecule has 0 heterocycles. The minimum atomic E-state index is 0.904. The molecule has 0 saturated heterocycles. The molecule has 3 unspecified atom stereocenters. The first-order valence-corrected chi connectivity index (χ1v) is 8.00. The van der Waals surface area contributed by atoms with E-state index in [2.05, 4.69) is 30.3 Å². The summed E-state index contributed by atoms with van der Waals surface area (Å²) in [5, 5.41) is 0. The molecule has 0 aliphatic heterocycles. The predicted molar refractivity (Wildman–Crippen MR) is 81.9 cm³/mol. The van der Waals surface area contributed by atoms with Crippen LogP contribution in [0.4, 0.5) is 0 Å². The van der Waals surface area contributed by atoms with Crippen molar-refractivity contribution < 1.29 is 0 Å². The average Bonchev–Trinajstić information content (AvgIpc) is 2.46. The Balaban J connectivity index is 0.000000371. The van der Waals surface area contributed by atoms with Crippen molar-refractivity contribution in [2.75, 3.05) is 0 Å². The second kappa shape index (κ2) is 8.34. The second-order valence-electron chi connectivity index (χ2n) is 4.96. The minimum Gasteiger partial charge on any atom is -0.0683 e. The van der Waals surface area contributed by atoms with E-state index in [1.54, 1.807) is 5.56 Å². The Morgan fingerprint density at radius 2 is 1.44 bits per heavy atom. The van der Waals surface area contributed by atoms with Gasteiger partial charge in [0.05, 0.1) is 0 Å². The molecule has 3 rings (SSSR count). The zero-order chi connectivity index (χ0) is 13.4. The van der Waals surface area contributed by atoms with E-state index < -0.39 is 0 Å². The molecule has 0 nitrogen and oxygen atoms in total. The summed E-state index contributed by atoms with van der Waals surface area (Å²) >= 11 is 0. The van der Waals surface area contributed by atoms with Crippen molar-refractivity contribution in [1.29, 1.82) is 0 Å². The summed E-state index contributed by atoms with van der Waals surface area (Å²) in [5.41, 5.74) is 1.59. The Hall–Kier alpha value is -0.780. The molecule has 3 atom stereocenters. The Labute approximate surface area is 114 Å². The molecule has 2 aliphatic carbocycles. The quantitative estimate of drug-likeness (QED) is 0.567. The van der Waals surface area contributed by atoms with Crippen LogP contribution in [0.2, 0.25) is 0 Å². The van der Waals surface area contributed by atoms with Gasteiger partial charge in [-0.15, -0.1) is 0 Å². The molecule has 2 saturated carbocycles. The van der Waals surface area contributed by atoms with Crippen LogP contribution in [0.1, 0.15) is 71.3 Å². The molecule has 0 spiro atoms. The van der Waals surface area contributed by atoms with Gasteiger partial charge in [0.25, 0.3) is 0 Å². The predicted octanol–water partition coefficient (Wildman–Crippen LogP) is 6.03. The van der Waals surface area contributed by atoms with Gasteiger partial charge in [0.1, 0.15) is 0 Å². The number of hydrogen-bond donors (Lipinski definition) is 0. The van der Waals surface area contributed by atoms with Crippen LogP contribution >= 0.6 is 0 Å². The zero-order valence-electron chi connectivity index (χ0n) is 12.7. The van der Waals surface area contributed by atoms with Gasteiger partial charge < -0.3 is 0 Å². The van der Waals surface area contributed by atoms with Gasteiger partial charge in [0, 0.05) is 0 Å². The number of hydrogen-bond acceptors (Lipinski definition) is 0. The highest BCUT2D eigenvalue weighted by Gasteiger charge is 2.42. The van der Waals surface area contributed by atoms with Crippen molar-refractivity contribution in [1.82, 2.24) is 0 Å². The third-order valence-electron chi connectivity index (χ3n) is 4.27. The molecule has 0 heteroatoms. The maximum Gasteiger partial charge on any atom is -0.0128 e. The zero-order valence-corrected chi connectivity index (χ0v) is 12.7. The van der Waals surface area contributed by atoms with Crippen molar-refractivity contribution in [3.05, 3.63) is 35.9 Å². The first kappa shape index (κ1) is 15.3. The Morgan fingerprint density at radius 3 is 2.06 bits per heavy atom. The lowest BCUT2D eigenvalue weighted by atomic mass is 9.57. The summed E-state index contributed by atoms with van der Waals surface area (Å²) in [4.78, 5) is 0. The Bertz CT molecular complexity index is 301. The summed E-state index contributed by atoms with van der Waals surface area (Å²) < 4.78 is 0. The third-order valence-corrected chi connectivity index (χ3v) is 4.27. The standard InChI is InChI=1S/C14H18.2C2H6/c1-2-6-11(7-3-1)14-10-12-8-4-5-9-13(12)14;2*1-2/h1-3,6-7,12-14H,4-5,8-10H2;2*1-2H3. The van der Waals surface area contributed by atoms with E-state index >= 15 is 0 Å². The maximum atomic E-state index is 2.31. The summed E-state index contributed by atoms with van der Waals surface area (Å²) in [6.07, 6.45) is 7.43. The molecule has 1 aromatic rings. The van der Waals surface area contributed by atoms with Crippen LogP contribution in [-0.4, -0.2) is 0 Å². The molecule has 2 aliphatic rings. The van der Waals surface area contributed by atoms with Gasteiger partial charge in [-0.3, -0.25) is 0 Å². The van der Waals surface area contributed by atoms with E-state index in [9.17, 15) is 0 Å². The maximum absolute atomic E-state index is 2.31. The molecule has 0 radical (unpaired) electrons. The summed E-state index contributed by atoms with van der Waals surface area (Å²) in [6.45, 7) is 8.00. The molecular weight excluding hydrogens is 216 g/mol. The van der Waals surface area contributed by atoms with Gasteiger partial charge in [-0.2, -0.15) is 0 Å². The number of rotatable bonds is 1. The molecule has 0 aromatic heterocycles. The second-order valence-corrected chi connectivity index (χ2v) is 4.96. The van der Waals surface area contributed by atoms with Crippen molar-refractivity contribution in [2.45, 2.75) is 65.7 Å². The van der Waals surface area contributed by atoms with Crippen LogP contribution in [0.15, 0.2) is 30.3 Å². The van der Waals surface area contributed by atoms with E-state index in [4.69, 9.17) is 0 Å². The average molecular weight is 246 g/mol. The number of benzene rings is 1. The van der Waals surface area contributed by atoms with E-state index in [0.717, 1.165) is 17.8 Å². The minimum absolute atomic E-state index is 0.904. The van der Waals surface area contributed by atoms with Crippen LogP contribution in [0.25, 0.3) is 0 Å². The van der Waals surface area contributed by atoms with Gasteiger partial charge >= 0.3 is 0 Å². The van der Waals surface area contributed by atoms with E-state index in [0.29, 0.717) is 0 Å². The van der Waals surface area contributed by atoms with Crippen LogP contribution in [0.5, 0.6) is 0 Å². The van der Waals surface area contributed by atoms with Crippen molar-refractivity contribution >= 4 is 0 Å². The molecular formula is C18H30. The van der Waals surface area contributed by atoms with Gasteiger partial charge in [-0.25, -0.2) is 0 Å². The van der Waals surface area contributed by atoms with E-state index in [1.807, 2.05) is 27.7 Å². The molecule has 102 valence electrons. The molecule has 18 heavy (non-hydrogen) atoms. The van der Waals surface area contributed by atoms with E-state index in [1.165, 1.54) is 32.1 Å². The highest BCUT2D eigenvalue weighted by Crippen LogP contribution is 2.53. The normalized spacial score (nSPS) is 28.6. The number of fused-ring (bicyclic) bond motifs is 1. The van der Waals surface area contributed by atoms with E-state index in [-0.39, 0.29) is 0 Å². The molecule has 1 aromatic carbocycles. The first-order valence-electron chi connectivity index (χ1n) is 8.00. The largest absolute Gasteiger partial charge is 0.0683 e. The highest BCUT2D eigenvalue weighted by molar-refractivity contribution is 5.23. The van der Waals surface area contributed by atoms with Crippen molar-refractivity contribution in [3.63, 3.8) is 0 Å². The van der Waals surface area contributed by atoms with Crippen LogP contribution in [0.3, 0.4) is 0 Å². The van der Waals surface area contributed by atoms with Gasteiger partial charge in [-0.05, 0) is 36.2 Å². The molecule has 2 fully saturated rings. The highest BCUT2D eigenvalue weighted by atomic mass is 14.5. The van der Waals surface area contributed by atoms with Crippen LogP contribution in [0, 0.1) is 11.8 Å². The lowest BCUT2D eigenvalue weighted by Crippen LogP contribution is -2.37. The monoisotopic (exact) mass is 246 g/mol. The summed E-state index contributed by atoms with van der Waals surface area (Å²) in [7, 11) is 0. The molecule has 0 N–H and O–H groups in total. The topological polar surface area (TPSA) is 0 Å². The van der Waals surface area contributed by atoms with Crippen molar-refractivity contribution in [2.24, 2.45) is 11.8 Å². The fourth-order valence-electron chi connectivity index (χ4n) is 3.45.